The Kier molecular flexibility index (Phi) is 6.39. The third kappa shape index (κ3) is 3.68. The molecule has 0 heterocycles. The van der Waals surface area contributed by atoms with Gasteiger partial charge in [0.2, 0.25) is 0 Å². The van der Waals surface area contributed by atoms with E-state index in [-0.39, 0.29) is 0 Å². The van der Waals surface area contributed by atoms with Crippen LogP contribution >= 0.6 is 0 Å². The van der Waals surface area contributed by atoms with E-state index in [0.29, 0.717) is 0 Å². The van der Waals surface area contributed by atoms with Gasteiger partial charge in [-0.1, -0.05) is 0 Å². The molecule has 0 amide bonds. The second-order valence-corrected chi connectivity index (χ2v) is 5.76. The first-order valence-electron chi connectivity index (χ1n) is 5.65. The lowest BCUT2D eigenvalue weighted by atomic mass is 9.91. The molecule has 0 aromatic rings. The highest BCUT2D eigenvalue weighted by Crippen LogP contribution is 2.62. The molecule has 170 valence electrons. The Morgan fingerprint density at radius 3 is 1.18 bits per heavy atom. The Morgan fingerprint density at radius 2 is 0.893 bits per heavy atom. The predicted molar refractivity (Wildman–Crippen MR) is 53.2 cm³/mol. The minimum absolute atomic E-state index is 1.65. The first kappa shape index (κ1) is 26.8. The van der Waals surface area contributed by atoms with E-state index < -0.39 is 58.7 Å². The third-order valence-corrected chi connectivity index (χ3v) is 3.20. The summed E-state index contributed by atoms with van der Waals surface area (Å²) in [6.45, 7) is -3.91. The Bertz CT molecular complexity index is 684. The lowest BCUT2D eigenvalue weighted by molar-refractivity contribution is -0.457. The zero-order chi connectivity index (χ0) is 23.4. The lowest BCUT2D eigenvalue weighted by Crippen LogP contribution is -2.73. The van der Waals surface area contributed by atoms with Crippen molar-refractivity contribution in [1.29, 1.82) is 0 Å². The highest BCUT2D eigenvalue weighted by Gasteiger charge is 2.93. The van der Waals surface area contributed by atoms with Crippen molar-refractivity contribution in [3.63, 3.8) is 0 Å². The Balaban J connectivity index is 6.60. The van der Waals surface area contributed by atoms with Gasteiger partial charge in [-0.25, -0.2) is 4.39 Å². The van der Waals surface area contributed by atoms with Gasteiger partial charge in [0.15, 0.2) is 6.67 Å². The first-order valence-corrected chi connectivity index (χ1v) is 7.02. The van der Waals surface area contributed by atoms with E-state index in [1.165, 1.54) is 0 Å². The van der Waals surface area contributed by atoms with Gasteiger partial charge in [0.1, 0.15) is 0 Å². The minimum atomic E-state index is -8.50. The average molecular weight is 480 g/mol. The van der Waals surface area contributed by atoms with E-state index in [1.807, 2.05) is 0 Å². The van der Waals surface area contributed by atoms with Crippen LogP contribution in [0.1, 0.15) is 0 Å². The second-order valence-electron chi connectivity index (χ2n) is 4.74. The summed E-state index contributed by atoms with van der Waals surface area (Å²) in [7, 11) is -6.88. The smallest absolute Gasteiger partial charge is 0.263 e. The van der Waals surface area contributed by atoms with Gasteiger partial charge in [-0.15, -0.1) is 0 Å². The predicted octanol–water partition coefficient (Wildman–Crippen LogP) is 4.18. The molecule has 28 heavy (non-hydrogen) atoms. The van der Waals surface area contributed by atoms with Crippen molar-refractivity contribution >= 4 is 10.4 Å². The topological polar surface area (TPSA) is 63.6 Å². The highest BCUT2D eigenvalue weighted by atomic mass is 32.3. The quantitative estimate of drug-likeness (QED) is 0.398. The summed E-state index contributed by atoms with van der Waals surface area (Å²) in [4.78, 5) is 0. The van der Waals surface area contributed by atoms with Crippen molar-refractivity contribution in [2.75, 3.05) is 6.67 Å². The number of hydrogen-bond acceptors (Lipinski definition) is 3. The van der Waals surface area contributed by atoms with Crippen LogP contribution in [-0.2, 0) is 14.6 Å². The van der Waals surface area contributed by atoms with Crippen molar-refractivity contribution in [1.82, 2.24) is 0 Å². The summed E-state index contributed by atoms with van der Waals surface area (Å²) >= 11 is 0. The molecule has 1 N–H and O–H groups in total. The van der Waals surface area contributed by atoms with Crippen molar-refractivity contribution < 1.29 is 83.0 Å². The van der Waals surface area contributed by atoms with E-state index in [0.717, 1.165) is 0 Å². The summed E-state index contributed by atoms with van der Waals surface area (Å²) in [5.74, 6) is -48.2. The van der Waals surface area contributed by atoms with Crippen LogP contribution in [0, 0.1) is 0 Å². The van der Waals surface area contributed by atoms with Gasteiger partial charge in [-0.2, -0.15) is 74.1 Å². The van der Waals surface area contributed by atoms with Crippen molar-refractivity contribution in [2.24, 2.45) is 0 Å². The number of rotatable bonds is 9. The summed E-state index contributed by atoms with van der Waals surface area (Å²) in [5.41, 5.74) is 0. The Morgan fingerprint density at radius 1 is 0.607 bits per heavy atom. The summed E-state index contributed by atoms with van der Waals surface area (Å²) < 4.78 is 221. The SMILES string of the molecule is O=S(=O)(O)OC(F)(F)C(F)(F)C(F)(F)C(F)(F)C(F)(F)C(F)(F)C(F)(F)CF. The molecule has 0 saturated carbocycles. The van der Waals surface area contributed by atoms with E-state index in [9.17, 15) is 74.3 Å². The van der Waals surface area contributed by atoms with Crippen LogP contribution in [0.3, 0.4) is 0 Å². The normalized spacial score (nSPS) is 16.4. The Labute approximate surface area is 143 Å². The van der Waals surface area contributed by atoms with Crippen molar-refractivity contribution in [3.8, 4) is 0 Å². The fourth-order valence-electron chi connectivity index (χ4n) is 1.27. The molecule has 0 radical (unpaired) electrons. The molecule has 0 aliphatic heterocycles. The van der Waals surface area contributed by atoms with Crippen molar-refractivity contribution in [3.05, 3.63) is 0 Å². The molecular weight excluding hydrogens is 477 g/mol. The summed E-state index contributed by atoms with van der Waals surface area (Å²) in [5, 5.41) is 0. The largest absolute Gasteiger partial charge is 0.441 e. The molecule has 0 rings (SSSR count). The van der Waals surface area contributed by atoms with E-state index in [2.05, 4.69) is 0 Å². The van der Waals surface area contributed by atoms with Gasteiger partial charge in [0.05, 0.1) is 0 Å². The van der Waals surface area contributed by atoms with Gasteiger partial charge < -0.3 is 0 Å². The molecule has 0 bridgehead atoms. The zero-order valence-electron chi connectivity index (χ0n) is 12.0. The summed E-state index contributed by atoms with van der Waals surface area (Å²) in [6, 6.07) is 0. The van der Waals surface area contributed by atoms with Crippen LogP contribution in [0.15, 0.2) is 0 Å². The molecule has 4 nitrogen and oxygen atoms in total. The maximum absolute atomic E-state index is 13.1. The average Bonchev–Trinajstić information content (AvgIpc) is 2.43. The maximum Gasteiger partial charge on any atom is 0.441 e. The standard InChI is InChI=1S/C8H3F15O4S/c9-1-2(10,11)3(12,13)4(14,15)5(16,17)6(18,19)7(20,21)8(22,23)27-28(24,25)26/h1H2,(H,24,25,26). The van der Waals surface area contributed by atoms with Crippen LogP contribution in [0.5, 0.6) is 0 Å². The third-order valence-electron chi connectivity index (χ3n) is 2.78. The van der Waals surface area contributed by atoms with Gasteiger partial charge in [0, 0.05) is 0 Å². The minimum Gasteiger partial charge on any atom is -0.263 e. The zero-order valence-corrected chi connectivity index (χ0v) is 12.8. The van der Waals surface area contributed by atoms with Gasteiger partial charge in [0.25, 0.3) is 0 Å². The molecule has 0 unspecified atom stereocenters. The lowest BCUT2D eigenvalue weighted by Gasteiger charge is -2.41. The second kappa shape index (κ2) is 6.67. The molecule has 0 spiro atoms. The number of hydrogen-bond donors (Lipinski definition) is 1. The van der Waals surface area contributed by atoms with E-state index in [4.69, 9.17) is 4.55 Å². The van der Waals surface area contributed by atoms with Crippen LogP contribution in [0.2, 0.25) is 0 Å². The molecule has 0 aliphatic carbocycles. The number of halogens is 15. The summed E-state index contributed by atoms with van der Waals surface area (Å²) in [6.07, 6.45) is -7.50. The van der Waals surface area contributed by atoms with Gasteiger partial charge in [-0.3, -0.25) is 4.55 Å². The fraction of sp³-hybridized carbons (Fsp3) is 1.00. The van der Waals surface area contributed by atoms with Crippen LogP contribution in [0.25, 0.3) is 0 Å². The molecule has 0 aliphatic rings. The van der Waals surface area contributed by atoms with Gasteiger partial charge in [-0.05, 0) is 0 Å². The van der Waals surface area contributed by atoms with E-state index in [1.54, 1.807) is 4.18 Å². The molecule has 0 fully saturated rings. The van der Waals surface area contributed by atoms with E-state index >= 15 is 0 Å². The molecule has 0 aromatic heterocycles. The molecule has 0 aromatic carbocycles. The van der Waals surface area contributed by atoms with Gasteiger partial charge >= 0.3 is 52.0 Å². The fourth-order valence-corrected chi connectivity index (χ4v) is 1.64. The first-order chi connectivity index (χ1) is 11.8. The molecule has 0 atom stereocenters. The Hall–Kier alpha value is -1.18. The molecule has 0 saturated heterocycles. The van der Waals surface area contributed by atoms with Crippen molar-refractivity contribution in [2.45, 2.75) is 41.6 Å². The number of alkyl halides is 15. The van der Waals surface area contributed by atoms with Crippen LogP contribution in [-0.4, -0.2) is 61.3 Å². The van der Waals surface area contributed by atoms with Crippen LogP contribution < -0.4 is 0 Å². The maximum atomic E-state index is 13.1. The van der Waals surface area contributed by atoms with Crippen LogP contribution in [0.4, 0.5) is 65.9 Å². The molecular formula is C8H3F15O4S. The highest BCUT2D eigenvalue weighted by molar-refractivity contribution is 7.80. The monoisotopic (exact) mass is 480 g/mol. The molecule has 20 heteroatoms.